The van der Waals surface area contributed by atoms with E-state index in [4.69, 9.17) is 5.11 Å². The summed E-state index contributed by atoms with van der Waals surface area (Å²) in [7, 11) is 0. The third-order valence-corrected chi connectivity index (χ3v) is 4.40. The minimum Gasteiger partial charge on any atom is -0.393 e. The Morgan fingerprint density at radius 3 is 2.30 bits per heavy atom. The van der Waals surface area contributed by atoms with Crippen molar-refractivity contribution in [1.29, 1.82) is 0 Å². The number of para-hydroxylation sites is 2. The second-order valence-corrected chi connectivity index (χ2v) is 6.06. The summed E-state index contributed by atoms with van der Waals surface area (Å²) in [4.78, 5) is 2.34. The van der Waals surface area contributed by atoms with Crippen LogP contribution in [0, 0.1) is 0 Å². The molecule has 0 spiro atoms. The number of anilines is 2. The standard InChI is InChI=1S/C19H24N2O2/c22-14-16-7-5-15(6-8-16)13-20-18-3-1-2-4-19(18)21-11-9-17(23)10-12-21/h1-8,17,20,22-23H,9-14H2. The van der Waals surface area contributed by atoms with Crippen molar-refractivity contribution in [2.45, 2.75) is 32.1 Å². The summed E-state index contributed by atoms with van der Waals surface area (Å²) in [6.07, 6.45) is 1.50. The highest BCUT2D eigenvalue weighted by atomic mass is 16.3. The first kappa shape index (κ1) is 15.8. The molecular formula is C19H24N2O2. The molecule has 1 heterocycles. The molecule has 2 aromatic rings. The van der Waals surface area contributed by atoms with Gasteiger partial charge in [0.05, 0.1) is 24.1 Å². The van der Waals surface area contributed by atoms with E-state index in [0.29, 0.717) is 0 Å². The molecule has 0 aromatic heterocycles. The Kier molecular flexibility index (Phi) is 5.16. The maximum Gasteiger partial charge on any atom is 0.0681 e. The highest BCUT2D eigenvalue weighted by Crippen LogP contribution is 2.28. The lowest BCUT2D eigenvalue weighted by Gasteiger charge is -2.33. The molecule has 0 aliphatic carbocycles. The number of hydrogen-bond acceptors (Lipinski definition) is 4. The van der Waals surface area contributed by atoms with Gasteiger partial charge in [-0.2, -0.15) is 0 Å². The normalized spacial score (nSPS) is 15.7. The fourth-order valence-corrected chi connectivity index (χ4v) is 2.97. The Hall–Kier alpha value is -2.04. The van der Waals surface area contributed by atoms with Crippen LogP contribution in [-0.4, -0.2) is 29.4 Å². The van der Waals surface area contributed by atoms with E-state index in [-0.39, 0.29) is 12.7 Å². The fraction of sp³-hybridized carbons (Fsp3) is 0.368. The van der Waals surface area contributed by atoms with Crippen molar-refractivity contribution in [3.05, 3.63) is 59.7 Å². The van der Waals surface area contributed by atoms with E-state index in [9.17, 15) is 5.11 Å². The molecule has 0 atom stereocenters. The lowest BCUT2D eigenvalue weighted by molar-refractivity contribution is 0.145. The molecular weight excluding hydrogens is 288 g/mol. The van der Waals surface area contributed by atoms with Gasteiger partial charge in [0, 0.05) is 19.6 Å². The minimum atomic E-state index is -0.156. The van der Waals surface area contributed by atoms with Crippen molar-refractivity contribution >= 4 is 11.4 Å². The number of benzene rings is 2. The highest BCUT2D eigenvalue weighted by molar-refractivity contribution is 5.70. The number of nitrogens with one attached hydrogen (secondary N) is 1. The van der Waals surface area contributed by atoms with Crippen molar-refractivity contribution in [3.8, 4) is 0 Å². The van der Waals surface area contributed by atoms with Gasteiger partial charge in [0.25, 0.3) is 0 Å². The van der Waals surface area contributed by atoms with Crippen LogP contribution in [-0.2, 0) is 13.2 Å². The number of hydrogen-bond donors (Lipinski definition) is 3. The van der Waals surface area contributed by atoms with Crippen molar-refractivity contribution in [2.24, 2.45) is 0 Å². The summed E-state index contributed by atoms with van der Waals surface area (Å²) >= 11 is 0. The zero-order chi connectivity index (χ0) is 16.1. The van der Waals surface area contributed by atoms with E-state index in [1.807, 2.05) is 30.3 Å². The third-order valence-electron chi connectivity index (χ3n) is 4.40. The Morgan fingerprint density at radius 1 is 0.957 bits per heavy atom. The van der Waals surface area contributed by atoms with E-state index in [1.165, 1.54) is 11.3 Å². The maximum absolute atomic E-state index is 9.68. The van der Waals surface area contributed by atoms with Crippen LogP contribution in [0.1, 0.15) is 24.0 Å². The molecule has 0 amide bonds. The molecule has 2 aromatic carbocycles. The van der Waals surface area contributed by atoms with Gasteiger partial charge in [0.15, 0.2) is 0 Å². The molecule has 4 nitrogen and oxygen atoms in total. The second-order valence-electron chi connectivity index (χ2n) is 6.06. The summed E-state index contributed by atoms with van der Waals surface area (Å²) in [5.41, 5.74) is 4.44. The van der Waals surface area contributed by atoms with Crippen LogP contribution in [0.25, 0.3) is 0 Å². The van der Waals surface area contributed by atoms with Crippen LogP contribution >= 0.6 is 0 Å². The molecule has 0 unspecified atom stereocenters. The average Bonchev–Trinajstić information content (AvgIpc) is 2.61. The van der Waals surface area contributed by atoms with Crippen molar-refractivity contribution in [3.63, 3.8) is 0 Å². The van der Waals surface area contributed by atoms with E-state index in [1.54, 1.807) is 0 Å². The third kappa shape index (κ3) is 4.03. The van der Waals surface area contributed by atoms with Crippen LogP contribution < -0.4 is 10.2 Å². The van der Waals surface area contributed by atoms with E-state index in [0.717, 1.165) is 43.7 Å². The van der Waals surface area contributed by atoms with Crippen LogP contribution in [0.2, 0.25) is 0 Å². The first-order valence-corrected chi connectivity index (χ1v) is 8.21. The number of piperidine rings is 1. The van der Waals surface area contributed by atoms with Crippen molar-refractivity contribution in [2.75, 3.05) is 23.3 Å². The minimum absolute atomic E-state index is 0.0807. The number of rotatable bonds is 5. The van der Waals surface area contributed by atoms with Gasteiger partial charge in [-0.1, -0.05) is 36.4 Å². The first-order valence-electron chi connectivity index (χ1n) is 8.21. The molecule has 0 radical (unpaired) electrons. The molecule has 3 N–H and O–H groups in total. The highest BCUT2D eigenvalue weighted by Gasteiger charge is 2.18. The van der Waals surface area contributed by atoms with Gasteiger partial charge < -0.3 is 20.4 Å². The average molecular weight is 312 g/mol. The monoisotopic (exact) mass is 312 g/mol. The number of aliphatic hydroxyl groups excluding tert-OH is 2. The summed E-state index contributed by atoms with van der Waals surface area (Å²) < 4.78 is 0. The number of nitrogens with zero attached hydrogens (tertiary/aromatic N) is 1. The molecule has 1 aliphatic rings. The Balaban J connectivity index is 1.67. The van der Waals surface area contributed by atoms with Crippen LogP contribution in [0.5, 0.6) is 0 Å². The van der Waals surface area contributed by atoms with Crippen LogP contribution in [0.15, 0.2) is 48.5 Å². The van der Waals surface area contributed by atoms with Crippen molar-refractivity contribution in [1.82, 2.24) is 0 Å². The second kappa shape index (κ2) is 7.49. The van der Waals surface area contributed by atoms with Gasteiger partial charge in [0.1, 0.15) is 0 Å². The largest absolute Gasteiger partial charge is 0.393 e. The Labute approximate surface area is 137 Å². The van der Waals surface area contributed by atoms with Gasteiger partial charge in [-0.15, -0.1) is 0 Å². The quantitative estimate of drug-likeness (QED) is 0.794. The summed E-state index contributed by atoms with van der Waals surface area (Å²) in [6, 6.07) is 16.3. The predicted molar refractivity (Wildman–Crippen MR) is 93.6 cm³/mol. The Morgan fingerprint density at radius 2 is 1.61 bits per heavy atom. The van der Waals surface area contributed by atoms with E-state index < -0.39 is 0 Å². The van der Waals surface area contributed by atoms with E-state index >= 15 is 0 Å². The maximum atomic E-state index is 9.68. The van der Waals surface area contributed by atoms with Gasteiger partial charge in [-0.3, -0.25) is 0 Å². The SMILES string of the molecule is OCc1ccc(CNc2ccccc2N2CCC(O)CC2)cc1. The Bertz CT molecular complexity index is 620. The topological polar surface area (TPSA) is 55.7 Å². The van der Waals surface area contributed by atoms with Crippen LogP contribution in [0.4, 0.5) is 11.4 Å². The summed E-state index contributed by atoms with van der Waals surface area (Å²) in [6.45, 7) is 2.62. The zero-order valence-electron chi connectivity index (χ0n) is 13.3. The molecule has 23 heavy (non-hydrogen) atoms. The van der Waals surface area contributed by atoms with Gasteiger partial charge in [-0.05, 0) is 36.1 Å². The van der Waals surface area contributed by atoms with E-state index in [2.05, 4.69) is 28.4 Å². The van der Waals surface area contributed by atoms with Crippen LogP contribution in [0.3, 0.4) is 0 Å². The molecule has 0 saturated carbocycles. The molecule has 122 valence electrons. The summed E-state index contributed by atoms with van der Waals surface area (Å²) in [5.74, 6) is 0. The molecule has 1 saturated heterocycles. The lowest BCUT2D eigenvalue weighted by Crippen LogP contribution is -2.36. The van der Waals surface area contributed by atoms with Gasteiger partial charge in [0.2, 0.25) is 0 Å². The van der Waals surface area contributed by atoms with Gasteiger partial charge in [-0.25, -0.2) is 0 Å². The fourth-order valence-electron chi connectivity index (χ4n) is 2.97. The molecule has 1 fully saturated rings. The lowest BCUT2D eigenvalue weighted by atomic mass is 10.1. The number of aliphatic hydroxyl groups is 2. The first-order chi connectivity index (χ1) is 11.3. The molecule has 1 aliphatic heterocycles. The smallest absolute Gasteiger partial charge is 0.0681 e. The molecule has 0 bridgehead atoms. The van der Waals surface area contributed by atoms with Crippen molar-refractivity contribution < 1.29 is 10.2 Å². The summed E-state index contributed by atoms with van der Waals surface area (Å²) in [5, 5.41) is 22.3. The predicted octanol–water partition coefficient (Wildman–Crippen LogP) is 2.75. The molecule has 4 heteroatoms. The molecule has 3 rings (SSSR count). The van der Waals surface area contributed by atoms with Gasteiger partial charge >= 0.3 is 0 Å². The zero-order valence-corrected chi connectivity index (χ0v) is 13.3.